The van der Waals surface area contributed by atoms with Crippen LogP contribution < -0.4 is 4.90 Å². The molecule has 0 amide bonds. The Bertz CT molecular complexity index is 909. The van der Waals surface area contributed by atoms with Crippen LogP contribution in [0.4, 0.5) is 18.9 Å². The SMILES string of the molecule is COC(=O)C1C(=O)C(Cl)=CC(Cl)=C1CCN1CCCc2ccc(C(F)(F)F)cc21. The average molecular weight is 448 g/mol. The van der Waals surface area contributed by atoms with E-state index >= 15 is 0 Å². The van der Waals surface area contributed by atoms with Crippen LogP contribution in [0.5, 0.6) is 0 Å². The Kier molecular flexibility index (Phi) is 6.29. The summed E-state index contributed by atoms with van der Waals surface area (Å²) in [6.45, 7) is 0.860. The van der Waals surface area contributed by atoms with Gasteiger partial charge in [0, 0.05) is 23.8 Å². The Morgan fingerprint density at radius 1 is 1.31 bits per heavy atom. The molecule has 0 aromatic heterocycles. The summed E-state index contributed by atoms with van der Waals surface area (Å²) in [5, 5.41) is 0.0126. The number of ketones is 1. The zero-order chi connectivity index (χ0) is 21.3. The fourth-order valence-corrected chi connectivity index (χ4v) is 4.24. The monoisotopic (exact) mass is 447 g/mol. The zero-order valence-electron chi connectivity index (χ0n) is 15.5. The summed E-state index contributed by atoms with van der Waals surface area (Å²) in [5.41, 5.74) is 0.979. The molecule has 9 heteroatoms. The summed E-state index contributed by atoms with van der Waals surface area (Å²) in [4.78, 5) is 26.3. The number of fused-ring (bicyclic) bond motifs is 1. The van der Waals surface area contributed by atoms with Crippen molar-refractivity contribution in [3.63, 3.8) is 0 Å². The normalized spacial score (nSPS) is 19.8. The predicted octanol–water partition coefficient (Wildman–Crippen LogP) is 4.84. The van der Waals surface area contributed by atoms with Crippen LogP contribution in [0.3, 0.4) is 0 Å². The molecule has 2 aliphatic rings. The molecule has 0 N–H and O–H groups in total. The third-order valence-corrected chi connectivity index (χ3v) is 5.77. The fourth-order valence-electron chi connectivity index (χ4n) is 3.65. The van der Waals surface area contributed by atoms with Crippen molar-refractivity contribution < 1.29 is 27.5 Å². The lowest BCUT2D eigenvalue weighted by Gasteiger charge is -2.33. The molecule has 1 aliphatic carbocycles. The molecule has 1 aromatic carbocycles. The minimum Gasteiger partial charge on any atom is -0.468 e. The van der Waals surface area contributed by atoms with Gasteiger partial charge in [-0.2, -0.15) is 13.2 Å². The number of halogens is 5. The third kappa shape index (κ3) is 4.46. The number of allylic oxidation sites excluding steroid dienone is 3. The van der Waals surface area contributed by atoms with Gasteiger partial charge in [0.25, 0.3) is 0 Å². The van der Waals surface area contributed by atoms with Crippen molar-refractivity contribution in [2.45, 2.75) is 25.4 Å². The van der Waals surface area contributed by atoms with E-state index in [1.165, 1.54) is 12.1 Å². The van der Waals surface area contributed by atoms with Gasteiger partial charge in [0.15, 0.2) is 5.78 Å². The number of nitrogens with zero attached hydrogens (tertiary/aromatic N) is 1. The minimum atomic E-state index is -4.43. The topological polar surface area (TPSA) is 46.6 Å². The molecule has 1 atom stereocenters. The van der Waals surface area contributed by atoms with Crippen LogP contribution in [0.2, 0.25) is 0 Å². The highest BCUT2D eigenvalue weighted by Gasteiger charge is 2.37. The van der Waals surface area contributed by atoms with E-state index in [-0.39, 0.29) is 16.5 Å². The van der Waals surface area contributed by atoms with Crippen molar-refractivity contribution >= 4 is 40.6 Å². The largest absolute Gasteiger partial charge is 0.468 e. The highest BCUT2D eigenvalue weighted by Crippen LogP contribution is 2.37. The van der Waals surface area contributed by atoms with Gasteiger partial charge in [-0.05, 0) is 48.6 Å². The Labute approximate surface area is 175 Å². The van der Waals surface area contributed by atoms with Gasteiger partial charge >= 0.3 is 12.1 Å². The molecule has 29 heavy (non-hydrogen) atoms. The average Bonchev–Trinajstić information content (AvgIpc) is 2.68. The van der Waals surface area contributed by atoms with E-state index in [9.17, 15) is 22.8 Å². The number of benzene rings is 1. The second-order valence-electron chi connectivity index (χ2n) is 6.87. The smallest absolute Gasteiger partial charge is 0.416 e. The van der Waals surface area contributed by atoms with E-state index in [1.807, 2.05) is 4.90 Å². The van der Waals surface area contributed by atoms with Crippen molar-refractivity contribution in [3.05, 3.63) is 51.0 Å². The first-order valence-corrected chi connectivity index (χ1v) is 9.72. The van der Waals surface area contributed by atoms with Gasteiger partial charge in [-0.15, -0.1) is 0 Å². The van der Waals surface area contributed by atoms with Crippen LogP contribution in [0.15, 0.2) is 39.9 Å². The summed E-state index contributed by atoms with van der Waals surface area (Å²) in [6.07, 6.45) is -1.46. The van der Waals surface area contributed by atoms with Gasteiger partial charge in [0.1, 0.15) is 5.92 Å². The summed E-state index contributed by atoms with van der Waals surface area (Å²) in [7, 11) is 1.16. The molecule has 1 aliphatic heterocycles. The summed E-state index contributed by atoms with van der Waals surface area (Å²) < 4.78 is 44.1. The van der Waals surface area contributed by atoms with Gasteiger partial charge in [0.05, 0.1) is 17.7 Å². The number of carbonyl (C=O) groups is 2. The third-order valence-electron chi connectivity index (χ3n) is 5.12. The van der Waals surface area contributed by atoms with Crippen molar-refractivity contribution in [3.8, 4) is 0 Å². The van der Waals surface area contributed by atoms with Crippen LogP contribution in [0.1, 0.15) is 24.0 Å². The number of aryl methyl sites for hydroxylation is 1. The molecule has 0 radical (unpaired) electrons. The number of esters is 1. The lowest BCUT2D eigenvalue weighted by molar-refractivity contribution is -0.147. The molecular formula is C20H18Cl2F3NO3. The minimum absolute atomic E-state index is 0.160. The van der Waals surface area contributed by atoms with Gasteiger partial charge in [-0.25, -0.2) is 0 Å². The molecule has 1 aromatic rings. The van der Waals surface area contributed by atoms with Crippen molar-refractivity contribution in [2.75, 3.05) is 25.1 Å². The van der Waals surface area contributed by atoms with E-state index in [4.69, 9.17) is 27.9 Å². The second kappa shape index (κ2) is 8.40. The van der Waals surface area contributed by atoms with Crippen LogP contribution in [-0.2, 0) is 26.9 Å². The first kappa shape index (κ1) is 21.7. The molecule has 3 rings (SSSR count). The summed E-state index contributed by atoms with van der Waals surface area (Å²) in [6, 6.07) is 3.73. The summed E-state index contributed by atoms with van der Waals surface area (Å²) in [5.74, 6) is -2.61. The van der Waals surface area contributed by atoms with Crippen molar-refractivity contribution in [1.82, 2.24) is 0 Å². The number of carbonyl (C=O) groups excluding carboxylic acids is 2. The number of rotatable bonds is 4. The highest BCUT2D eigenvalue weighted by molar-refractivity contribution is 6.47. The van der Waals surface area contributed by atoms with Crippen molar-refractivity contribution in [2.24, 2.45) is 5.92 Å². The Balaban J connectivity index is 1.87. The molecule has 0 saturated heterocycles. The van der Waals surface area contributed by atoms with Gasteiger partial charge in [-0.1, -0.05) is 29.3 Å². The van der Waals surface area contributed by atoms with Gasteiger partial charge in [0.2, 0.25) is 0 Å². The molecule has 0 saturated carbocycles. The Morgan fingerprint density at radius 3 is 2.69 bits per heavy atom. The maximum atomic E-state index is 13.1. The molecule has 156 valence electrons. The van der Waals surface area contributed by atoms with Crippen LogP contribution >= 0.6 is 23.2 Å². The molecule has 1 heterocycles. The van der Waals surface area contributed by atoms with E-state index in [0.717, 1.165) is 31.2 Å². The lowest BCUT2D eigenvalue weighted by atomic mass is 9.87. The number of hydrogen-bond donors (Lipinski definition) is 0. The molecule has 4 nitrogen and oxygen atoms in total. The maximum absolute atomic E-state index is 13.1. The fraction of sp³-hybridized carbons (Fsp3) is 0.400. The molecule has 0 spiro atoms. The maximum Gasteiger partial charge on any atom is 0.416 e. The number of methoxy groups -OCH3 is 1. The number of Topliss-reactive ketones (excluding diaryl/α,β-unsaturated/α-hetero) is 1. The quantitative estimate of drug-likeness (QED) is 0.489. The number of alkyl halides is 3. The summed E-state index contributed by atoms with van der Waals surface area (Å²) >= 11 is 12.1. The number of ether oxygens (including phenoxy) is 1. The van der Waals surface area contributed by atoms with E-state index in [0.29, 0.717) is 30.8 Å². The molecule has 1 unspecified atom stereocenters. The molecular weight excluding hydrogens is 430 g/mol. The Hall–Kier alpha value is -1.99. The molecule has 0 fully saturated rings. The van der Waals surface area contributed by atoms with Crippen LogP contribution in [-0.4, -0.2) is 32.0 Å². The van der Waals surface area contributed by atoms with Crippen LogP contribution in [0.25, 0.3) is 0 Å². The Morgan fingerprint density at radius 2 is 2.03 bits per heavy atom. The van der Waals surface area contributed by atoms with Crippen molar-refractivity contribution in [1.29, 1.82) is 0 Å². The standard InChI is InChI=1S/C20H18Cl2F3NO3/c1-29-19(28)17-13(14(21)10-15(22)18(17)27)6-8-26-7-2-3-11-4-5-12(9-16(11)26)20(23,24)25/h4-5,9-10,17H,2-3,6-8H2,1H3. The molecule has 0 bridgehead atoms. The first-order chi connectivity index (χ1) is 13.6. The van der Waals surface area contributed by atoms with E-state index in [2.05, 4.69) is 0 Å². The van der Waals surface area contributed by atoms with E-state index < -0.39 is 29.4 Å². The predicted molar refractivity (Wildman–Crippen MR) is 104 cm³/mol. The zero-order valence-corrected chi connectivity index (χ0v) is 17.0. The second-order valence-corrected chi connectivity index (χ2v) is 7.68. The van der Waals surface area contributed by atoms with Crippen LogP contribution in [0, 0.1) is 5.92 Å². The van der Waals surface area contributed by atoms with E-state index in [1.54, 1.807) is 0 Å². The van der Waals surface area contributed by atoms with Gasteiger partial charge < -0.3 is 9.64 Å². The number of anilines is 1. The lowest BCUT2D eigenvalue weighted by Crippen LogP contribution is -2.34. The highest BCUT2D eigenvalue weighted by atomic mass is 35.5. The first-order valence-electron chi connectivity index (χ1n) is 8.96. The number of hydrogen-bond acceptors (Lipinski definition) is 4. The van der Waals surface area contributed by atoms with Gasteiger partial charge in [-0.3, -0.25) is 9.59 Å².